The van der Waals surface area contributed by atoms with Gasteiger partial charge in [0.15, 0.2) is 0 Å². The fourth-order valence-electron chi connectivity index (χ4n) is 1.79. The van der Waals surface area contributed by atoms with Gasteiger partial charge < -0.3 is 5.73 Å². The maximum atomic E-state index is 10.7. The quantitative estimate of drug-likeness (QED) is 0.537. The monoisotopic (exact) mass is 168 g/mol. The molecule has 0 saturated heterocycles. The largest absolute Gasteiger partial charge is 0.340 e. The fourth-order valence-corrected chi connectivity index (χ4v) is 1.79. The number of nitrogens with zero attached hydrogens (tertiary/aromatic N) is 1. The number of nitrogens with two attached hydrogens (primary N) is 1. The lowest BCUT2D eigenvalue weighted by atomic mass is 10.0. The van der Waals surface area contributed by atoms with Gasteiger partial charge in [-0.1, -0.05) is 6.42 Å². The molecule has 5 nitrogen and oxygen atoms in total. The molecule has 1 heterocycles. The van der Waals surface area contributed by atoms with Crippen LogP contribution in [0, 0.1) is 0 Å². The van der Waals surface area contributed by atoms with Crippen molar-refractivity contribution in [3.63, 3.8) is 0 Å². The summed E-state index contributed by atoms with van der Waals surface area (Å²) in [5.74, 6) is 0.953. The third kappa shape index (κ3) is 1.16. The molecule has 4 N–H and O–H groups in total. The number of hydrogen-bond donors (Lipinski definition) is 3. The average Bonchev–Trinajstić information content (AvgIpc) is 2.58. The highest BCUT2D eigenvalue weighted by Crippen LogP contribution is 2.30. The van der Waals surface area contributed by atoms with E-state index in [-0.39, 0.29) is 17.6 Å². The Balaban J connectivity index is 2.24. The molecule has 5 heteroatoms. The lowest BCUT2D eigenvalue weighted by molar-refractivity contribution is 0.583. The molecule has 0 aliphatic heterocycles. The average molecular weight is 168 g/mol. The normalized spacial score (nSPS) is 29.4. The van der Waals surface area contributed by atoms with Crippen LogP contribution in [0.2, 0.25) is 0 Å². The Labute approximate surface area is 69.4 Å². The minimum Gasteiger partial charge on any atom is -0.327 e. The summed E-state index contributed by atoms with van der Waals surface area (Å²) in [6.45, 7) is 0. The first-order valence-electron chi connectivity index (χ1n) is 4.17. The van der Waals surface area contributed by atoms with Crippen LogP contribution in [0.15, 0.2) is 4.79 Å². The molecule has 1 aromatic heterocycles. The Kier molecular flexibility index (Phi) is 1.73. The zero-order valence-corrected chi connectivity index (χ0v) is 6.71. The van der Waals surface area contributed by atoms with Crippen LogP contribution in [0.5, 0.6) is 0 Å². The van der Waals surface area contributed by atoms with E-state index in [2.05, 4.69) is 15.2 Å². The van der Waals surface area contributed by atoms with E-state index in [0.717, 1.165) is 19.3 Å². The molecule has 0 bridgehead atoms. The number of nitrogens with one attached hydrogen (secondary N) is 2. The van der Waals surface area contributed by atoms with Crippen LogP contribution < -0.4 is 11.4 Å². The van der Waals surface area contributed by atoms with Crippen molar-refractivity contribution in [2.24, 2.45) is 5.73 Å². The molecule has 0 amide bonds. The van der Waals surface area contributed by atoms with E-state index < -0.39 is 0 Å². The van der Waals surface area contributed by atoms with Gasteiger partial charge in [-0.2, -0.15) is 5.10 Å². The van der Waals surface area contributed by atoms with Crippen molar-refractivity contribution in [3.8, 4) is 0 Å². The Bertz CT molecular complexity index is 315. The molecule has 0 spiro atoms. The van der Waals surface area contributed by atoms with E-state index in [9.17, 15) is 4.79 Å². The molecule has 1 aliphatic rings. The maximum Gasteiger partial charge on any atom is 0.340 e. The summed E-state index contributed by atoms with van der Waals surface area (Å²) in [6, 6.07) is 0.156. The lowest BCUT2D eigenvalue weighted by Crippen LogP contribution is -2.23. The molecule has 2 rings (SSSR count). The van der Waals surface area contributed by atoms with Crippen molar-refractivity contribution in [2.75, 3.05) is 0 Å². The summed E-state index contributed by atoms with van der Waals surface area (Å²) < 4.78 is 0. The highest BCUT2D eigenvalue weighted by molar-refractivity contribution is 5.01. The lowest BCUT2D eigenvalue weighted by Gasteiger charge is -2.10. The molecule has 1 saturated carbocycles. The minimum atomic E-state index is -0.246. The summed E-state index contributed by atoms with van der Waals surface area (Å²) in [5.41, 5.74) is 5.60. The van der Waals surface area contributed by atoms with E-state index in [0.29, 0.717) is 5.82 Å². The van der Waals surface area contributed by atoms with Crippen LogP contribution in [-0.2, 0) is 0 Å². The zero-order valence-electron chi connectivity index (χ0n) is 6.71. The third-order valence-electron chi connectivity index (χ3n) is 2.44. The molecule has 12 heavy (non-hydrogen) atoms. The van der Waals surface area contributed by atoms with Crippen molar-refractivity contribution in [1.82, 2.24) is 15.2 Å². The van der Waals surface area contributed by atoms with Gasteiger partial charge in [0.2, 0.25) is 0 Å². The van der Waals surface area contributed by atoms with E-state index >= 15 is 0 Å². The van der Waals surface area contributed by atoms with Crippen molar-refractivity contribution in [1.29, 1.82) is 0 Å². The molecule has 0 aromatic carbocycles. The van der Waals surface area contributed by atoms with Gasteiger partial charge in [0, 0.05) is 12.0 Å². The van der Waals surface area contributed by atoms with Crippen molar-refractivity contribution >= 4 is 0 Å². The molecule has 1 aromatic rings. The third-order valence-corrected chi connectivity index (χ3v) is 2.44. The van der Waals surface area contributed by atoms with Gasteiger partial charge in [-0.15, -0.1) is 0 Å². The fraction of sp³-hybridized carbons (Fsp3) is 0.714. The predicted molar refractivity (Wildman–Crippen MR) is 43.8 cm³/mol. The van der Waals surface area contributed by atoms with Crippen LogP contribution >= 0.6 is 0 Å². The number of aromatic nitrogens is 3. The minimum absolute atomic E-state index is 0.156. The number of rotatable bonds is 1. The molecule has 1 fully saturated rings. The van der Waals surface area contributed by atoms with Crippen LogP contribution in [0.1, 0.15) is 31.0 Å². The summed E-state index contributed by atoms with van der Waals surface area (Å²) in [5, 5.41) is 6.22. The molecule has 0 radical (unpaired) electrons. The van der Waals surface area contributed by atoms with E-state index in [4.69, 9.17) is 5.73 Å². The summed E-state index contributed by atoms with van der Waals surface area (Å²) in [4.78, 5) is 13.4. The van der Waals surface area contributed by atoms with Gasteiger partial charge in [0.25, 0.3) is 0 Å². The first-order valence-corrected chi connectivity index (χ1v) is 4.17. The Morgan fingerprint density at radius 3 is 2.83 bits per heavy atom. The summed E-state index contributed by atoms with van der Waals surface area (Å²) in [7, 11) is 0. The smallest absolute Gasteiger partial charge is 0.327 e. The Hall–Kier alpha value is -1.10. The first-order chi connectivity index (χ1) is 5.77. The number of aromatic amines is 2. The molecule has 1 aliphatic carbocycles. The van der Waals surface area contributed by atoms with Crippen molar-refractivity contribution in [2.45, 2.75) is 31.2 Å². The van der Waals surface area contributed by atoms with Gasteiger partial charge in [-0.05, 0) is 12.8 Å². The maximum absolute atomic E-state index is 10.7. The van der Waals surface area contributed by atoms with Crippen LogP contribution in [-0.4, -0.2) is 21.2 Å². The SMILES string of the molecule is NC1CCCC1c1n[nH]c(=O)[nH]1. The van der Waals surface area contributed by atoms with Crippen LogP contribution in [0.25, 0.3) is 0 Å². The summed E-state index contributed by atoms with van der Waals surface area (Å²) in [6.07, 6.45) is 3.18. The van der Waals surface area contributed by atoms with Crippen molar-refractivity contribution in [3.05, 3.63) is 16.3 Å². The van der Waals surface area contributed by atoms with Gasteiger partial charge in [-0.25, -0.2) is 9.89 Å². The zero-order chi connectivity index (χ0) is 8.55. The summed E-state index contributed by atoms with van der Waals surface area (Å²) >= 11 is 0. The van der Waals surface area contributed by atoms with E-state index in [1.807, 2.05) is 0 Å². The number of H-pyrrole nitrogens is 2. The molecular formula is C7H12N4O. The van der Waals surface area contributed by atoms with Gasteiger partial charge >= 0.3 is 5.69 Å². The standard InChI is InChI=1S/C7H12N4O/c8-5-3-1-2-4(5)6-9-7(12)11-10-6/h4-5H,1-3,8H2,(H2,9,10,11,12). The highest BCUT2D eigenvalue weighted by Gasteiger charge is 2.27. The van der Waals surface area contributed by atoms with E-state index in [1.54, 1.807) is 0 Å². The second-order valence-electron chi connectivity index (χ2n) is 3.26. The van der Waals surface area contributed by atoms with Gasteiger partial charge in [0.1, 0.15) is 5.82 Å². The second kappa shape index (κ2) is 2.75. The highest BCUT2D eigenvalue weighted by atomic mass is 16.1. The predicted octanol–water partition coefficient (Wildman–Crippen LogP) is -0.307. The number of hydrogen-bond acceptors (Lipinski definition) is 3. The van der Waals surface area contributed by atoms with Crippen molar-refractivity contribution < 1.29 is 0 Å². The molecule has 2 unspecified atom stereocenters. The van der Waals surface area contributed by atoms with Gasteiger partial charge in [-0.3, -0.25) is 4.98 Å². The van der Waals surface area contributed by atoms with Gasteiger partial charge in [0.05, 0.1) is 0 Å². The molecule has 2 atom stereocenters. The Morgan fingerprint density at radius 2 is 2.33 bits per heavy atom. The first kappa shape index (κ1) is 7.54. The molecule has 66 valence electrons. The van der Waals surface area contributed by atoms with Crippen LogP contribution in [0.4, 0.5) is 0 Å². The van der Waals surface area contributed by atoms with Crippen LogP contribution in [0.3, 0.4) is 0 Å². The topological polar surface area (TPSA) is 87.6 Å². The molecular weight excluding hydrogens is 156 g/mol. The Morgan fingerprint density at radius 1 is 1.50 bits per heavy atom. The van der Waals surface area contributed by atoms with E-state index in [1.165, 1.54) is 0 Å². The second-order valence-corrected chi connectivity index (χ2v) is 3.26.